The van der Waals surface area contributed by atoms with E-state index in [1.807, 2.05) is 30.3 Å². The van der Waals surface area contributed by atoms with Gasteiger partial charge in [-0.3, -0.25) is 9.97 Å². The van der Waals surface area contributed by atoms with Gasteiger partial charge in [-0.2, -0.15) is 0 Å². The molecule has 0 aliphatic carbocycles. The number of hydrogen-bond donors (Lipinski definition) is 1. The van der Waals surface area contributed by atoms with E-state index in [4.69, 9.17) is 0 Å². The molecule has 0 amide bonds. The number of rotatable bonds is 2. The van der Waals surface area contributed by atoms with Gasteiger partial charge in [0.15, 0.2) is 11.6 Å². The van der Waals surface area contributed by atoms with Gasteiger partial charge in [-0.15, -0.1) is 10.2 Å². The van der Waals surface area contributed by atoms with E-state index in [0.717, 1.165) is 36.0 Å². The Balaban J connectivity index is 1.79. The third kappa shape index (κ3) is 2.09. The summed E-state index contributed by atoms with van der Waals surface area (Å²) in [5.41, 5.74) is 2.00. The highest BCUT2D eigenvalue weighted by Crippen LogP contribution is 2.26. The number of fused-ring (bicyclic) bond motifs is 1. The molecule has 0 spiro atoms. The lowest BCUT2D eigenvalue weighted by Crippen LogP contribution is -2.34. The van der Waals surface area contributed by atoms with Crippen LogP contribution in [0.25, 0.3) is 11.5 Å². The van der Waals surface area contributed by atoms with Gasteiger partial charge in [0, 0.05) is 31.7 Å². The molecule has 3 aromatic heterocycles. The van der Waals surface area contributed by atoms with E-state index in [9.17, 15) is 0 Å². The number of nitrogens with zero attached hydrogens (tertiary/aromatic N) is 5. The Morgan fingerprint density at radius 2 is 1.95 bits per heavy atom. The molecule has 1 aliphatic rings. The van der Waals surface area contributed by atoms with Crippen LogP contribution in [-0.2, 0) is 6.54 Å². The van der Waals surface area contributed by atoms with Crippen LogP contribution in [0.15, 0.2) is 48.9 Å². The van der Waals surface area contributed by atoms with Crippen molar-refractivity contribution in [2.45, 2.75) is 12.6 Å². The molecular formula is C15H14N6. The largest absolute Gasteiger partial charge is 0.307 e. The Morgan fingerprint density at radius 1 is 1.05 bits per heavy atom. The first-order chi connectivity index (χ1) is 10.4. The molecule has 1 atom stereocenters. The quantitative estimate of drug-likeness (QED) is 0.768. The normalized spacial score (nSPS) is 17.4. The fourth-order valence-electron chi connectivity index (χ4n) is 2.67. The highest BCUT2D eigenvalue weighted by Gasteiger charge is 2.26. The molecule has 4 heterocycles. The molecule has 0 radical (unpaired) electrons. The van der Waals surface area contributed by atoms with E-state index in [2.05, 4.69) is 30.0 Å². The number of nitrogens with one attached hydrogen (secondary N) is 1. The van der Waals surface area contributed by atoms with Crippen molar-refractivity contribution in [3.8, 4) is 11.5 Å². The zero-order valence-corrected chi connectivity index (χ0v) is 11.3. The minimum Gasteiger partial charge on any atom is -0.307 e. The van der Waals surface area contributed by atoms with Crippen molar-refractivity contribution in [2.24, 2.45) is 0 Å². The third-order valence-electron chi connectivity index (χ3n) is 3.65. The van der Waals surface area contributed by atoms with Crippen LogP contribution in [0.1, 0.15) is 17.4 Å². The topological polar surface area (TPSA) is 68.5 Å². The molecule has 4 rings (SSSR count). The van der Waals surface area contributed by atoms with Gasteiger partial charge in [-0.1, -0.05) is 6.07 Å². The van der Waals surface area contributed by atoms with E-state index in [-0.39, 0.29) is 6.04 Å². The van der Waals surface area contributed by atoms with E-state index in [0.29, 0.717) is 0 Å². The van der Waals surface area contributed by atoms with Gasteiger partial charge in [0.25, 0.3) is 0 Å². The molecule has 3 aromatic rings. The first-order valence-corrected chi connectivity index (χ1v) is 6.91. The standard InChI is InChI=1S/C15H14N6/c1-2-6-17-12(3-1)14-19-20-15-13(18-9-10-21(14)15)11-4-7-16-8-5-11/h1-8,13,18H,9-10H2. The second-order valence-electron chi connectivity index (χ2n) is 4.92. The Bertz CT molecular complexity index is 737. The zero-order chi connectivity index (χ0) is 14.1. The molecule has 0 aromatic carbocycles. The van der Waals surface area contributed by atoms with Gasteiger partial charge in [-0.25, -0.2) is 0 Å². The average molecular weight is 278 g/mol. The summed E-state index contributed by atoms with van der Waals surface area (Å²) in [4.78, 5) is 8.44. The summed E-state index contributed by atoms with van der Waals surface area (Å²) in [7, 11) is 0. The van der Waals surface area contributed by atoms with Crippen molar-refractivity contribution in [3.05, 3.63) is 60.3 Å². The third-order valence-corrected chi connectivity index (χ3v) is 3.65. The molecule has 1 aliphatic heterocycles. The molecular weight excluding hydrogens is 264 g/mol. The average Bonchev–Trinajstić information content (AvgIpc) is 3.00. The minimum atomic E-state index is 0.0479. The van der Waals surface area contributed by atoms with E-state index in [1.165, 1.54) is 0 Å². The molecule has 0 fully saturated rings. The van der Waals surface area contributed by atoms with Crippen molar-refractivity contribution < 1.29 is 0 Å². The Morgan fingerprint density at radius 3 is 2.76 bits per heavy atom. The van der Waals surface area contributed by atoms with Crippen LogP contribution in [0, 0.1) is 0 Å². The highest BCUT2D eigenvalue weighted by molar-refractivity contribution is 5.49. The lowest BCUT2D eigenvalue weighted by Gasteiger charge is -2.25. The summed E-state index contributed by atoms with van der Waals surface area (Å²) in [5, 5.41) is 12.2. The van der Waals surface area contributed by atoms with Crippen LogP contribution in [-0.4, -0.2) is 31.3 Å². The van der Waals surface area contributed by atoms with E-state index in [1.54, 1.807) is 18.6 Å². The molecule has 104 valence electrons. The van der Waals surface area contributed by atoms with Gasteiger partial charge in [0.2, 0.25) is 0 Å². The van der Waals surface area contributed by atoms with Gasteiger partial charge in [0.05, 0.1) is 6.04 Å². The van der Waals surface area contributed by atoms with Crippen LogP contribution in [0.4, 0.5) is 0 Å². The molecule has 1 N–H and O–H groups in total. The monoisotopic (exact) mass is 278 g/mol. The maximum Gasteiger partial charge on any atom is 0.182 e. The fraction of sp³-hybridized carbons (Fsp3) is 0.200. The van der Waals surface area contributed by atoms with E-state index < -0.39 is 0 Å². The summed E-state index contributed by atoms with van der Waals surface area (Å²) in [6.07, 6.45) is 5.37. The van der Waals surface area contributed by atoms with Crippen LogP contribution in [0.3, 0.4) is 0 Å². The van der Waals surface area contributed by atoms with Gasteiger partial charge in [-0.05, 0) is 29.8 Å². The van der Waals surface area contributed by atoms with Gasteiger partial charge < -0.3 is 9.88 Å². The van der Waals surface area contributed by atoms with Crippen LogP contribution in [0.5, 0.6) is 0 Å². The summed E-state index contributed by atoms with van der Waals surface area (Å²) in [5.74, 6) is 1.75. The zero-order valence-electron chi connectivity index (χ0n) is 11.3. The molecule has 6 nitrogen and oxygen atoms in total. The van der Waals surface area contributed by atoms with Crippen LogP contribution >= 0.6 is 0 Å². The van der Waals surface area contributed by atoms with Gasteiger partial charge in [0.1, 0.15) is 5.69 Å². The van der Waals surface area contributed by atoms with Crippen molar-refractivity contribution in [3.63, 3.8) is 0 Å². The second kappa shape index (κ2) is 5.06. The van der Waals surface area contributed by atoms with Crippen LogP contribution < -0.4 is 5.32 Å². The molecule has 0 saturated heterocycles. The summed E-state index contributed by atoms with van der Waals surface area (Å²) >= 11 is 0. The van der Waals surface area contributed by atoms with Gasteiger partial charge >= 0.3 is 0 Å². The smallest absolute Gasteiger partial charge is 0.182 e. The lowest BCUT2D eigenvalue weighted by atomic mass is 10.1. The fourth-order valence-corrected chi connectivity index (χ4v) is 2.67. The summed E-state index contributed by atoms with van der Waals surface area (Å²) in [6.45, 7) is 1.72. The predicted molar refractivity (Wildman–Crippen MR) is 77.3 cm³/mol. The molecule has 6 heteroatoms. The molecule has 21 heavy (non-hydrogen) atoms. The Hall–Kier alpha value is -2.60. The number of hydrogen-bond acceptors (Lipinski definition) is 5. The summed E-state index contributed by atoms with van der Waals surface area (Å²) < 4.78 is 2.14. The van der Waals surface area contributed by atoms with Crippen molar-refractivity contribution in [1.29, 1.82) is 0 Å². The minimum absolute atomic E-state index is 0.0479. The van der Waals surface area contributed by atoms with E-state index >= 15 is 0 Å². The Kier molecular flexibility index (Phi) is 2.93. The van der Waals surface area contributed by atoms with Crippen LogP contribution in [0.2, 0.25) is 0 Å². The Labute approximate surface area is 121 Å². The summed E-state index contributed by atoms with van der Waals surface area (Å²) in [6, 6.07) is 9.88. The second-order valence-corrected chi connectivity index (χ2v) is 4.92. The van der Waals surface area contributed by atoms with Crippen molar-refractivity contribution in [1.82, 2.24) is 30.0 Å². The van der Waals surface area contributed by atoms with Crippen molar-refractivity contribution in [2.75, 3.05) is 6.54 Å². The first kappa shape index (κ1) is 12.2. The molecule has 0 bridgehead atoms. The SMILES string of the molecule is c1ccc(-c2nnc3n2CCNC3c2ccncc2)nc1. The highest BCUT2D eigenvalue weighted by atomic mass is 15.3. The number of aromatic nitrogens is 5. The molecule has 1 unspecified atom stereocenters. The molecule has 0 saturated carbocycles. The maximum atomic E-state index is 4.38. The number of pyridine rings is 2. The van der Waals surface area contributed by atoms with Crippen molar-refractivity contribution >= 4 is 0 Å². The maximum absolute atomic E-state index is 4.38. The lowest BCUT2D eigenvalue weighted by molar-refractivity contribution is 0.457. The predicted octanol–water partition coefficient (Wildman–Crippen LogP) is 1.43. The first-order valence-electron chi connectivity index (χ1n) is 6.91.